The maximum atomic E-state index is 12.5. The number of aromatic hydroxyl groups is 1. The molecule has 144 valence electrons. The predicted molar refractivity (Wildman–Crippen MR) is 104 cm³/mol. The third-order valence-electron chi connectivity index (χ3n) is 4.50. The first-order valence-electron chi connectivity index (χ1n) is 8.97. The molecule has 1 heterocycles. The third-order valence-corrected chi connectivity index (χ3v) is 5.44. The van der Waals surface area contributed by atoms with E-state index in [9.17, 15) is 14.7 Å². The topological polar surface area (TPSA) is 93.4 Å². The lowest BCUT2D eigenvalue weighted by Gasteiger charge is -2.22. The fourth-order valence-corrected chi connectivity index (χ4v) is 4.05. The van der Waals surface area contributed by atoms with Crippen molar-refractivity contribution in [1.29, 1.82) is 0 Å². The molecule has 0 atom stereocenters. The van der Waals surface area contributed by atoms with Gasteiger partial charge in [0.15, 0.2) is 5.16 Å². The van der Waals surface area contributed by atoms with Crippen LogP contribution < -0.4 is 15.6 Å². The molecule has 1 amide bonds. The summed E-state index contributed by atoms with van der Waals surface area (Å²) in [6, 6.07) is 8.30. The number of thioether (sulfide) groups is 1. The number of ether oxygens (including phenoxy) is 1. The van der Waals surface area contributed by atoms with Gasteiger partial charge in [0, 0.05) is 6.04 Å². The van der Waals surface area contributed by atoms with Crippen LogP contribution in [0.25, 0.3) is 5.69 Å². The number of para-hydroxylation sites is 2. The number of benzene rings is 1. The molecule has 1 aliphatic carbocycles. The van der Waals surface area contributed by atoms with Gasteiger partial charge in [0.25, 0.3) is 5.56 Å². The highest BCUT2D eigenvalue weighted by Crippen LogP contribution is 2.26. The second-order valence-electron chi connectivity index (χ2n) is 6.43. The van der Waals surface area contributed by atoms with Crippen molar-refractivity contribution in [3.05, 3.63) is 40.7 Å². The maximum absolute atomic E-state index is 12.5. The second-order valence-corrected chi connectivity index (χ2v) is 7.38. The summed E-state index contributed by atoms with van der Waals surface area (Å²) in [7, 11) is 1.52. The summed E-state index contributed by atoms with van der Waals surface area (Å²) in [5.74, 6) is 0.139. The van der Waals surface area contributed by atoms with Crippen molar-refractivity contribution < 1.29 is 14.6 Å². The normalized spacial score (nSPS) is 14.7. The van der Waals surface area contributed by atoms with Crippen LogP contribution in [0.1, 0.15) is 32.1 Å². The number of amides is 1. The molecule has 0 saturated heterocycles. The van der Waals surface area contributed by atoms with Crippen molar-refractivity contribution in [3.8, 4) is 17.3 Å². The molecule has 8 heteroatoms. The van der Waals surface area contributed by atoms with Crippen molar-refractivity contribution in [2.45, 2.75) is 43.3 Å². The molecule has 27 heavy (non-hydrogen) atoms. The van der Waals surface area contributed by atoms with Crippen LogP contribution in [-0.4, -0.2) is 39.5 Å². The SMILES string of the molecule is COc1ccccc1-n1c(SCC(=O)NC2CCCCC2)nc(O)cc1=O. The molecule has 0 aliphatic heterocycles. The molecule has 0 bridgehead atoms. The number of carbonyl (C=O) groups is 1. The summed E-state index contributed by atoms with van der Waals surface area (Å²) in [5, 5.41) is 13.0. The zero-order valence-corrected chi connectivity index (χ0v) is 16.0. The largest absolute Gasteiger partial charge is 0.495 e. The summed E-state index contributed by atoms with van der Waals surface area (Å²) in [5.41, 5.74) is 0.0647. The summed E-state index contributed by atoms with van der Waals surface area (Å²) >= 11 is 1.11. The lowest BCUT2D eigenvalue weighted by molar-refractivity contribution is -0.119. The Morgan fingerprint density at radius 1 is 1.33 bits per heavy atom. The number of rotatable bonds is 6. The monoisotopic (exact) mass is 389 g/mol. The molecular weight excluding hydrogens is 366 g/mol. The first-order chi connectivity index (χ1) is 13.1. The smallest absolute Gasteiger partial charge is 0.262 e. The lowest BCUT2D eigenvalue weighted by Crippen LogP contribution is -2.37. The van der Waals surface area contributed by atoms with Crippen LogP contribution in [0.5, 0.6) is 11.6 Å². The molecule has 1 aromatic heterocycles. The molecule has 1 saturated carbocycles. The Bertz CT molecular complexity index is 862. The highest BCUT2D eigenvalue weighted by atomic mass is 32.2. The van der Waals surface area contributed by atoms with Crippen molar-refractivity contribution in [1.82, 2.24) is 14.9 Å². The molecule has 2 N–H and O–H groups in total. The standard InChI is InChI=1S/C19H23N3O4S/c1-26-15-10-6-5-9-14(15)22-18(25)11-16(23)21-19(22)27-12-17(24)20-13-7-3-2-4-8-13/h5-6,9-11,13,23H,2-4,7-8,12H2,1H3,(H,20,24). The van der Waals surface area contributed by atoms with Crippen LogP contribution in [0, 0.1) is 0 Å². The van der Waals surface area contributed by atoms with Crippen LogP contribution in [0.3, 0.4) is 0 Å². The Balaban J connectivity index is 1.80. The van der Waals surface area contributed by atoms with E-state index in [1.54, 1.807) is 24.3 Å². The van der Waals surface area contributed by atoms with Gasteiger partial charge in [-0.2, -0.15) is 4.98 Å². The van der Waals surface area contributed by atoms with Gasteiger partial charge in [-0.15, -0.1) is 0 Å². The molecule has 7 nitrogen and oxygen atoms in total. The summed E-state index contributed by atoms with van der Waals surface area (Å²) in [4.78, 5) is 28.8. The molecule has 2 aromatic rings. The first kappa shape index (κ1) is 19.3. The zero-order valence-electron chi connectivity index (χ0n) is 15.2. The minimum absolute atomic E-state index is 0.101. The van der Waals surface area contributed by atoms with Crippen LogP contribution in [-0.2, 0) is 4.79 Å². The van der Waals surface area contributed by atoms with E-state index < -0.39 is 5.56 Å². The highest BCUT2D eigenvalue weighted by molar-refractivity contribution is 7.99. The molecule has 0 radical (unpaired) electrons. The summed E-state index contributed by atoms with van der Waals surface area (Å²) in [6.45, 7) is 0. The predicted octanol–water partition coefficient (Wildman–Crippen LogP) is 2.49. The van der Waals surface area contributed by atoms with Gasteiger partial charge in [-0.3, -0.25) is 14.2 Å². The highest BCUT2D eigenvalue weighted by Gasteiger charge is 2.18. The molecular formula is C19H23N3O4S. The first-order valence-corrected chi connectivity index (χ1v) is 9.95. The Morgan fingerprint density at radius 2 is 2.07 bits per heavy atom. The molecule has 1 fully saturated rings. The van der Waals surface area contributed by atoms with E-state index in [-0.39, 0.29) is 28.7 Å². The molecule has 1 aromatic carbocycles. The average molecular weight is 389 g/mol. The number of hydrogen-bond acceptors (Lipinski definition) is 6. The van der Waals surface area contributed by atoms with Gasteiger partial charge < -0.3 is 15.2 Å². The van der Waals surface area contributed by atoms with E-state index in [0.717, 1.165) is 43.5 Å². The van der Waals surface area contributed by atoms with Crippen molar-refractivity contribution in [2.24, 2.45) is 0 Å². The van der Waals surface area contributed by atoms with E-state index in [4.69, 9.17) is 4.74 Å². The number of nitrogens with zero attached hydrogens (tertiary/aromatic N) is 2. The number of aromatic nitrogens is 2. The minimum atomic E-state index is -0.442. The van der Waals surface area contributed by atoms with Crippen molar-refractivity contribution in [2.75, 3.05) is 12.9 Å². The summed E-state index contributed by atoms with van der Waals surface area (Å²) < 4.78 is 6.67. The van der Waals surface area contributed by atoms with Crippen LogP contribution in [0.4, 0.5) is 0 Å². The lowest BCUT2D eigenvalue weighted by atomic mass is 9.95. The van der Waals surface area contributed by atoms with Gasteiger partial charge in [0.2, 0.25) is 11.8 Å². The summed E-state index contributed by atoms with van der Waals surface area (Å²) in [6.07, 6.45) is 5.51. The van der Waals surface area contributed by atoms with E-state index in [0.29, 0.717) is 11.4 Å². The second kappa shape index (κ2) is 8.94. The van der Waals surface area contributed by atoms with E-state index in [1.165, 1.54) is 18.1 Å². The van der Waals surface area contributed by atoms with Crippen LogP contribution in [0.15, 0.2) is 40.3 Å². The van der Waals surface area contributed by atoms with Gasteiger partial charge in [-0.05, 0) is 25.0 Å². The van der Waals surface area contributed by atoms with Gasteiger partial charge in [0.05, 0.1) is 24.6 Å². The Hall–Kier alpha value is -2.48. The third kappa shape index (κ3) is 4.82. The van der Waals surface area contributed by atoms with Crippen LogP contribution in [0.2, 0.25) is 0 Å². The molecule has 3 rings (SSSR count). The molecule has 1 aliphatic rings. The van der Waals surface area contributed by atoms with Crippen molar-refractivity contribution in [3.63, 3.8) is 0 Å². The minimum Gasteiger partial charge on any atom is -0.495 e. The zero-order chi connectivity index (χ0) is 19.2. The fraction of sp³-hybridized carbons (Fsp3) is 0.421. The fourth-order valence-electron chi connectivity index (χ4n) is 3.23. The van der Waals surface area contributed by atoms with Crippen LogP contribution >= 0.6 is 11.8 Å². The molecule has 0 unspecified atom stereocenters. The number of nitrogens with one attached hydrogen (secondary N) is 1. The van der Waals surface area contributed by atoms with Crippen molar-refractivity contribution >= 4 is 17.7 Å². The van der Waals surface area contributed by atoms with Gasteiger partial charge >= 0.3 is 0 Å². The van der Waals surface area contributed by atoms with E-state index in [1.807, 2.05) is 0 Å². The quantitative estimate of drug-likeness (QED) is 0.582. The Kier molecular flexibility index (Phi) is 6.39. The van der Waals surface area contributed by atoms with E-state index in [2.05, 4.69) is 10.3 Å². The molecule has 0 spiro atoms. The van der Waals surface area contributed by atoms with Gasteiger partial charge in [-0.25, -0.2) is 0 Å². The number of hydrogen-bond donors (Lipinski definition) is 2. The Labute approximate surface area is 161 Å². The maximum Gasteiger partial charge on any atom is 0.262 e. The average Bonchev–Trinajstić information content (AvgIpc) is 2.67. The number of methoxy groups -OCH3 is 1. The van der Waals surface area contributed by atoms with Gasteiger partial charge in [0.1, 0.15) is 5.75 Å². The number of carbonyl (C=O) groups excluding carboxylic acids is 1. The Morgan fingerprint density at radius 3 is 2.81 bits per heavy atom. The van der Waals surface area contributed by atoms with Gasteiger partial charge in [-0.1, -0.05) is 43.2 Å². The van der Waals surface area contributed by atoms with E-state index >= 15 is 0 Å².